The molecule has 2 aromatic rings. The summed E-state index contributed by atoms with van der Waals surface area (Å²) in [5, 5.41) is 0.644. The van der Waals surface area contributed by atoms with Gasteiger partial charge in [0.2, 0.25) is 0 Å². The third-order valence-electron chi connectivity index (χ3n) is 2.56. The van der Waals surface area contributed by atoms with Crippen molar-refractivity contribution in [3.05, 3.63) is 63.1 Å². The van der Waals surface area contributed by atoms with Crippen LogP contribution in [0.4, 0.5) is 0 Å². The lowest BCUT2D eigenvalue weighted by molar-refractivity contribution is 0.306. The maximum atomic E-state index is 6.07. The molecule has 0 fully saturated rings. The maximum absolute atomic E-state index is 6.07. The Kier molecular flexibility index (Phi) is 4.64. The molecule has 0 bridgehead atoms. The SMILES string of the molecule is NCc1ccc(OCc2ccc(Br)cc2)cc1Cl. The first kappa shape index (κ1) is 13.4. The van der Waals surface area contributed by atoms with Crippen LogP contribution in [0.25, 0.3) is 0 Å². The Balaban J connectivity index is 2.02. The van der Waals surface area contributed by atoms with E-state index in [1.54, 1.807) is 6.07 Å². The van der Waals surface area contributed by atoms with E-state index < -0.39 is 0 Å². The zero-order valence-corrected chi connectivity index (χ0v) is 12.0. The Morgan fingerprint density at radius 2 is 1.83 bits per heavy atom. The van der Waals surface area contributed by atoms with E-state index in [-0.39, 0.29) is 0 Å². The second-order valence-corrected chi connectivity index (χ2v) is 5.20. The molecule has 94 valence electrons. The summed E-state index contributed by atoms with van der Waals surface area (Å²) in [5.41, 5.74) is 7.58. The minimum absolute atomic E-state index is 0.436. The molecular weight excluding hydrogens is 314 g/mol. The Labute approximate surface area is 120 Å². The summed E-state index contributed by atoms with van der Waals surface area (Å²) in [4.78, 5) is 0. The molecule has 0 saturated heterocycles. The van der Waals surface area contributed by atoms with Gasteiger partial charge >= 0.3 is 0 Å². The van der Waals surface area contributed by atoms with Gasteiger partial charge in [-0.05, 0) is 35.4 Å². The van der Waals surface area contributed by atoms with Crippen molar-refractivity contribution in [2.45, 2.75) is 13.2 Å². The van der Waals surface area contributed by atoms with Gasteiger partial charge in [-0.25, -0.2) is 0 Å². The normalized spacial score (nSPS) is 10.4. The standard InChI is InChI=1S/C14H13BrClNO/c15-12-4-1-10(2-5-12)9-18-13-6-3-11(8-17)14(16)7-13/h1-7H,8-9,17H2. The molecular formula is C14H13BrClNO. The largest absolute Gasteiger partial charge is 0.489 e. The van der Waals surface area contributed by atoms with E-state index in [2.05, 4.69) is 15.9 Å². The lowest BCUT2D eigenvalue weighted by Crippen LogP contribution is -1.99. The van der Waals surface area contributed by atoms with Gasteiger partial charge in [0.15, 0.2) is 0 Å². The van der Waals surface area contributed by atoms with E-state index in [9.17, 15) is 0 Å². The summed E-state index contributed by atoms with van der Waals surface area (Å²) in [5.74, 6) is 0.750. The van der Waals surface area contributed by atoms with E-state index in [1.807, 2.05) is 36.4 Å². The summed E-state index contributed by atoms with van der Waals surface area (Å²) in [6, 6.07) is 13.6. The number of rotatable bonds is 4. The zero-order valence-electron chi connectivity index (χ0n) is 9.70. The van der Waals surface area contributed by atoms with Gasteiger partial charge < -0.3 is 10.5 Å². The molecule has 4 heteroatoms. The molecule has 0 amide bonds. The van der Waals surface area contributed by atoms with Gasteiger partial charge in [0.25, 0.3) is 0 Å². The van der Waals surface area contributed by atoms with Crippen LogP contribution < -0.4 is 10.5 Å². The van der Waals surface area contributed by atoms with Crippen LogP contribution in [-0.2, 0) is 13.2 Å². The highest BCUT2D eigenvalue weighted by Crippen LogP contribution is 2.23. The van der Waals surface area contributed by atoms with Crippen molar-refractivity contribution in [1.29, 1.82) is 0 Å². The van der Waals surface area contributed by atoms with Crippen molar-refractivity contribution in [1.82, 2.24) is 0 Å². The molecule has 0 aliphatic heterocycles. The highest BCUT2D eigenvalue weighted by atomic mass is 79.9. The topological polar surface area (TPSA) is 35.2 Å². The van der Waals surface area contributed by atoms with Crippen molar-refractivity contribution in [2.75, 3.05) is 0 Å². The number of nitrogens with two attached hydrogens (primary N) is 1. The molecule has 0 unspecified atom stereocenters. The molecule has 0 aromatic heterocycles. The van der Waals surface area contributed by atoms with Gasteiger partial charge in [0, 0.05) is 16.0 Å². The van der Waals surface area contributed by atoms with Crippen LogP contribution in [-0.4, -0.2) is 0 Å². The molecule has 0 spiro atoms. The van der Waals surface area contributed by atoms with Crippen LogP contribution in [0.15, 0.2) is 46.9 Å². The molecule has 0 saturated carbocycles. The third kappa shape index (κ3) is 3.48. The maximum Gasteiger partial charge on any atom is 0.121 e. The Bertz CT molecular complexity index is 528. The van der Waals surface area contributed by atoms with Crippen LogP contribution >= 0.6 is 27.5 Å². The number of halogens is 2. The highest BCUT2D eigenvalue weighted by molar-refractivity contribution is 9.10. The predicted molar refractivity (Wildman–Crippen MR) is 77.8 cm³/mol. The fourth-order valence-corrected chi connectivity index (χ4v) is 2.04. The third-order valence-corrected chi connectivity index (χ3v) is 3.44. The number of ether oxygens (including phenoxy) is 1. The Morgan fingerprint density at radius 1 is 1.11 bits per heavy atom. The summed E-state index contributed by atoms with van der Waals surface area (Å²) in [7, 11) is 0. The Hall–Kier alpha value is -1.03. The molecule has 2 rings (SSSR count). The van der Waals surface area contributed by atoms with E-state index >= 15 is 0 Å². The lowest BCUT2D eigenvalue weighted by Gasteiger charge is -2.08. The monoisotopic (exact) mass is 325 g/mol. The second kappa shape index (κ2) is 6.23. The fourth-order valence-electron chi connectivity index (χ4n) is 1.53. The summed E-state index contributed by atoms with van der Waals surface area (Å²) in [6.45, 7) is 0.956. The van der Waals surface area contributed by atoms with E-state index in [1.165, 1.54) is 0 Å². The average molecular weight is 327 g/mol. The van der Waals surface area contributed by atoms with Crippen LogP contribution in [0, 0.1) is 0 Å². The minimum Gasteiger partial charge on any atom is -0.489 e. The van der Waals surface area contributed by atoms with Gasteiger partial charge in [-0.15, -0.1) is 0 Å². The van der Waals surface area contributed by atoms with Crippen LogP contribution in [0.1, 0.15) is 11.1 Å². The lowest BCUT2D eigenvalue weighted by atomic mass is 10.2. The number of benzene rings is 2. The quantitative estimate of drug-likeness (QED) is 0.916. The van der Waals surface area contributed by atoms with Crippen molar-refractivity contribution in [3.63, 3.8) is 0 Å². The fraction of sp³-hybridized carbons (Fsp3) is 0.143. The van der Waals surface area contributed by atoms with Crippen LogP contribution in [0.2, 0.25) is 5.02 Å². The molecule has 2 nitrogen and oxygen atoms in total. The van der Waals surface area contributed by atoms with Gasteiger partial charge in [0.1, 0.15) is 12.4 Å². The predicted octanol–water partition coefficient (Wildman–Crippen LogP) is 4.14. The van der Waals surface area contributed by atoms with E-state index in [0.717, 1.165) is 21.3 Å². The van der Waals surface area contributed by atoms with Crippen LogP contribution in [0.5, 0.6) is 5.75 Å². The molecule has 2 aromatic carbocycles. The van der Waals surface area contributed by atoms with Crippen molar-refractivity contribution in [3.8, 4) is 5.75 Å². The Morgan fingerprint density at radius 3 is 2.44 bits per heavy atom. The molecule has 0 heterocycles. The van der Waals surface area contributed by atoms with Gasteiger partial charge in [-0.1, -0.05) is 45.7 Å². The van der Waals surface area contributed by atoms with Crippen molar-refractivity contribution >= 4 is 27.5 Å². The van der Waals surface area contributed by atoms with Gasteiger partial charge in [-0.3, -0.25) is 0 Å². The molecule has 0 atom stereocenters. The first-order valence-electron chi connectivity index (χ1n) is 5.55. The molecule has 0 aliphatic rings. The van der Waals surface area contributed by atoms with Gasteiger partial charge in [-0.2, -0.15) is 0 Å². The second-order valence-electron chi connectivity index (χ2n) is 3.87. The first-order valence-corrected chi connectivity index (χ1v) is 6.72. The summed E-state index contributed by atoms with van der Waals surface area (Å²) in [6.07, 6.45) is 0. The first-order chi connectivity index (χ1) is 8.69. The van der Waals surface area contributed by atoms with E-state index in [4.69, 9.17) is 22.1 Å². The van der Waals surface area contributed by atoms with Crippen molar-refractivity contribution < 1.29 is 4.74 Å². The number of hydrogen-bond acceptors (Lipinski definition) is 2. The average Bonchev–Trinajstić information content (AvgIpc) is 2.38. The summed E-state index contributed by atoms with van der Waals surface area (Å²) >= 11 is 9.46. The highest BCUT2D eigenvalue weighted by Gasteiger charge is 2.01. The minimum atomic E-state index is 0.436. The molecule has 18 heavy (non-hydrogen) atoms. The van der Waals surface area contributed by atoms with E-state index in [0.29, 0.717) is 18.2 Å². The van der Waals surface area contributed by atoms with Crippen molar-refractivity contribution in [2.24, 2.45) is 5.73 Å². The van der Waals surface area contributed by atoms with Crippen LogP contribution in [0.3, 0.4) is 0 Å². The molecule has 0 aliphatic carbocycles. The zero-order chi connectivity index (χ0) is 13.0. The smallest absolute Gasteiger partial charge is 0.121 e. The van der Waals surface area contributed by atoms with Gasteiger partial charge in [0.05, 0.1) is 0 Å². The number of hydrogen-bond donors (Lipinski definition) is 1. The molecule has 2 N–H and O–H groups in total. The summed E-state index contributed by atoms with van der Waals surface area (Å²) < 4.78 is 6.73. The molecule has 0 radical (unpaired) electrons.